The third-order valence-electron chi connectivity index (χ3n) is 2.67. The van der Waals surface area contributed by atoms with Gasteiger partial charge in [0.2, 0.25) is 0 Å². The number of hydrogen-bond acceptors (Lipinski definition) is 3. The first-order valence-electron chi connectivity index (χ1n) is 6.15. The SMILES string of the molecule is SCCCc1ccc(N=Nc2ccc(Br)cc2)cc1. The van der Waals surface area contributed by atoms with Crippen molar-refractivity contribution in [3.63, 3.8) is 0 Å². The van der Waals surface area contributed by atoms with E-state index in [0.717, 1.165) is 34.4 Å². The van der Waals surface area contributed by atoms with Gasteiger partial charge in [0.15, 0.2) is 0 Å². The average molecular weight is 335 g/mol. The van der Waals surface area contributed by atoms with Crippen molar-refractivity contribution in [3.8, 4) is 0 Å². The molecule has 2 rings (SSSR count). The standard InChI is InChI=1S/C15H15BrN2S/c16-13-5-9-15(10-6-13)18-17-14-7-3-12(4-8-14)2-1-11-19/h3-10,19H,1-2,11H2. The van der Waals surface area contributed by atoms with Crippen molar-refractivity contribution in [2.75, 3.05) is 5.75 Å². The topological polar surface area (TPSA) is 24.7 Å². The Labute approximate surface area is 127 Å². The maximum Gasteiger partial charge on any atom is 0.0857 e. The maximum absolute atomic E-state index is 4.22. The van der Waals surface area contributed by atoms with Crippen LogP contribution in [0.5, 0.6) is 0 Å². The van der Waals surface area contributed by atoms with Crippen LogP contribution >= 0.6 is 28.6 Å². The summed E-state index contributed by atoms with van der Waals surface area (Å²) in [7, 11) is 0. The Morgan fingerprint density at radius 2 is 1.37 bits per heavy atom. The lowest BCUT2D eigenvalue weighted by molar-refractivity contribution is 0.936. The Morgan fingerprint density at radius 3 is 1.89 bits per heavy atom. The second-order valence-corrected chi connectivity index (χ2v) is 5.53. The highest BCUT2D eigenvalue weighted by molar-refractivity contribution is 9.10. The summed E-state index contributed by atoms with van der Waals surface area (Å²) in [5.74, 6) is 0.922. The summed E-state index contributed by atoms with van der Waals surface area (Å²) in [6, 6.07) is 15.9. The van der Waals surface area contributed by atoms with E-state index in [9.17, 15) is 0 Å². The van der Waals surface area contributed by atoms with Crippen molar-refractivity contribution >= 4 is 39.9 Å². The van der Waals surface area contributed by atoms with Gasteiger partial charge in [0.25, 0.3) is 0 Å². The second kappa shape index (κ2) is 7.46. The molecule has 2 aromatic rings. The van der Waals surface area contributed by atoms with Gasteiger partial charge in [0, 0.05) is 4.47 Å². The van der Waals surface area contributed by atoms with E-state index in [1.165, 1.54) is 5.56 Å². The molecule has 0 spiro atoms. The molecule has 2 nitrogen and oxygen atoms in total. The van der Waals surface area contributed by atoms with Crippen LogP contribution in [0.1, 0.15) is 12.0 Å². The minimum Gasteiger partial charge on any atom is -0.179 e. The van der Waals surface area contributed by atoms with Crippen LogP contribution in [0, 0.1) is 0 Å². The number of rotatable bonds is 5. The van der Waals surface area contributed by atoms with Crippen molar-refractivity contribution in [3.05, 3.63) is 58.6 Å². The molecule has 0 atom stereocenters. The number of hydrogen-bond donors (Lipinski definition) is 1. The van der Waals surface area contributed by atoms with Crippen LogP contribution in [0.4, 0.5) is 11.4 Å². The Balaban J connectivity index is 2.00. The molecule has 0 heterocycles. The summed E-state index contributed by atoms with van der Waals surface area (Å²) in [5, 5.41) is 8.42. The van der Waals surface area contributed by atoms with E-state index >= 15 is 0 Å². The molecule has 4 heteroatoms. The van der Waals surface area contributed by atoms with Crippen LogP contribution in [0.2, 0.25) is 0 Å². The van der Waals surface area contributed by atoms with Crippen LogP contribution in [-0.2, 0) is 6.42 Å². The molecule has 0 fully saturated rings. The molecule has 0 aliphatic rings. The summed E-state index contributed by atoms with van der Waals surface area (Å²) in [6.07, 6.45) is 2.16. The van der Waals surface area contributed by atoms with Gasteiger partial charge in [-0.05, 0) is 60.6 Å². The van der Waals surface area contributed by atoms with E-state index in [1.54, 1.807) is 0 Å². The predicted molar refractivity (Wildman–Crippen MR) is 86.9 cm³/mol. The van der Waals surface area contributed by atoms with Gasteiger partial charge in [-0.15, -0.1) is 0 Å². The van der Waals surface area contributed by atoms with Crippen molar-refractivity contribution in [2.24, 2.45) is 10.2 Å². The summed E-state index contributed by atoms with van der Waals surface area (Å²) in [5.41, 5.74) is 3.04. The monoisotopic (exact) mass is 334 g/mol. The number of aryl methyl sites for hydroxylation is 1. The molecule has 2 aromatic carbocycles. The fraction of sp³-hybridized carbons (Fsp3) is 0.200. The Kier molecular flexibility index (Phi) is 5.61. The lowest BCUT2D eigenvalue weighted by Crippen LogP contribution is -1.84. The van der Waals surface area contributed by atoms with Gasteiger partial charge in [-0.25, -0.2) is 0 Å². The molecule has 0 aromatic heterocycles. The molecule has 19 heavy (non-hydrogen) atoms. The molecule has 0 aliphatic heterocycles. The molecule has 0 radical (unpaired) electrons. The number of thiol groups is 1. The van der Waals surface area contributed by atoms with Gasteiger partial charge in [0.05, 0.1) is 11.4 Å². The smallest absolute Gasteiger partial charge is 0.0857 e. The summed E-state index contributed by atoms with van der Waals surface area (Å²) < 4.78 is 1.04. The largest absolute Gasteiger partial charge is 0.179 e. The summed E-state index contributed by atoms with van der Waals surface area (Å²) >= 11 is 7.61. The molecular formula is C15H15BrN2S. The van der Waals surface area contributed by atoms with Gasteiger partial charge < -0.3 is 0 Å². The third-order valence-corrected chi connectivity index (χ3v) is 3.51. The lowest BCUT2D eigenvalue weighted by atomic mass is 10.1. The van der Waals surface area contributed by atoms with E-state index in [4.69, 9.17) is 0 Å². The zero-order chi connectivity index (χ0) is 13.5. The van der Waals surface area contributed by atoms with E-state index in [1.807, 2.05) is 36.4 Å². The number of azo groups is 1. The summed E-state index contributed by atoms with van der Waals surface area (Å²) in [6.45, 7) is 0. The van der Waals surface area contributed by atoms with E-state index < -0.39 is 0 Å². The minimum atomic E-state index is 0.849. The predicted octanol–water partition coefficient (Wildman–Crippen LogP) is 5.73. The Morgan fingerprint density at radius 1 is 0.842 bits per heavy atom. The first-order chi connectivity index (χ1) is 9.28. The van der Waals surface area contributed by atoms with Crippen molar-refractivity contribution in [1.29, 1.82) is 0 Å². The quantitative estimate of drug-likeness (QED) is 0.533. The molecule has 98 valence electrons. The van der Waals surface area contributed by atoms with Gasteiger partial charge in [-0.2, -0.15) is 22.9 Å². The van der Waals surface area contributed by atoms with Crippen LogP contribution in [0.3, 0.4) is 0 Å². The van der Waals surface area contributed by atoms with Crippen LogP contribution in [0.25, 0.3) is 0 Å². The van der Waals surface area contributed by atoms with E-state index in [-0.39, 0.29) is 0 Å². The number of nitrogens with zero attached hydrogens (tertiary/aromatic N) is 2. The molecule has 0 saturated heterocycles. The molecule has 0 N–H and O–H groups in total. The molecular weight excluding hydrogens is 320 g/mol. The van der Waals surface area contributed by atoms with Crippen molar-refractivity contribution in [1.82, 2.24) is 0 Å². The first-order valence-corrected chi connectivity index (χ1v) is 7.57. The highest BCUT2D eigenvalue weighted by Crippen LogP contribution is 2.21. The lowest BCUT2D eigenvalue weighted by Gasteiger charge is -1.99. The first kappa shape index (κ1) is 14.3. The van der Waals surface area contributed by atoms with Crippen LogP contribution in [-0.4, -0.2) is 5.75 Å². The normalized spacial score (nSPS) is 11.1. The van der Waals surface area contributed by atoms with Crippen LogP contribution < -0.4 is 0 Å². The highest BCUT2D eigenvalue weighted by atomic mass is 79.9. The zero-order valence-electron chi connectivity index (χ0n) is 10.5. The third kappa shape index (κ3) is 4.80. The van der Waals surface area contributed by atoms with Crippen molar-refractivity contribution < 1.29 is 0 Å². The van der Waals surface area contributed by atoms with Gasteiger partial charge in [0.1, 0.15) is 0 Å². The van der Waals surface area contributed by atoms with Gasteiger partial charge in [-0.1, -0.05) is 28.1 Å². The molecule has 0 aliphatic carbocycles. The zero-order valence-corrected chi connectivity index (χ0v) is 12.9. The second-order valence-electron chi connectivity index (χ2n) is 4.17. The van der Waals surface area contributed by atoms with E-state index in [2.05, 4.69) is 50.9 Å². The highest BCUT2D eigenvalue weighted by Gasteiger charge is 1.94. The Hall–Kier alpha value is -1.13. The summed E-state index contributed by atoms with van der Waals surface area (Å²) in [4.78, 5) is 0. The molecule has 0 bridgehead atoms. The van der Waals surface area contributed by atoms with Gasteiger partial charge >= 0.3 is 0 Å². The van der Waals surface area contributed by atoms with Crippen molar-refractivity contribution in [2.45, 2.75) is 12.8 Å². The van der Waals surface area contributed by atoms with Gasteiger partial charge in [-0.3, -0.25) is 0 Å². The average Bonchev–Trinajstić information content (AvgIpc) is 2.46. The molecule has 0 amide bonds. The number of halogens is 1. The maximum atomic E-state index is 4.22. The fourth-order valence-electron chi connectivity index (χ4n) is 1.64. The minimum absolute atomic E-state index is 0.849. The van der Waals surface area contributed by atoms with Crippen LogP contribution in [0.15, 0.2) is 63.2 Å². The van der Waals surface area contributed by atoms with E-state index in [0.29, 0.717) is 0 Å². The molecule has 0 saturated carbocycles. The number of benzene rings is 2. The Bertz CT molecular complexity index is 535. The fourth-order valence-corrected chi connectivity index (χ4v) is 2.06. The molecule has 0 unspecified atom stereocenters.